The average Bonchev–Trinajstić information content (AvgIpc) is 3.68. The lowest BCUT2D eigenvalue weighted by Crippen LogP contribution is -2.73. The summed E-state index contributed by atoms with van der Waals surface area (Å²) in [5.74, 6) is -1.56. The number of fused-ring (bicyclic) bond motifs is 1. The first-order valence-electron chi connectivity index (χ1n) is 17.4. The molecule has 2 aliphatic rings. The molecule has 1 saturated heterocycles. The maximum atomic E-state index is 14.3. The van der Waals surface area contributed by atoms with Gasteiger partial charge in [0.1, 0.15) is 18.9 Å². The van der Waals surface area contributed by atoms with Gasteiger partial charge in [0.25, 0.3) is 11.8 Å². The van der Waals surface area contributed by atoms with Gasteiger partial charge in [-0.1, -0.05) is 120 Å². The SMILES string of the molecule is Cc1ccc(COC(=O)OCCn2nnnc2SCC2=C(C(=O)OC(c3ccccc3)c3ccccc3)N3C(=O)[C@H](NC(=O)c4ccccc4)[C@H]3OC2)cc1. The van der Waals surface area contributed by atoms with E-state index in [1.807, 2.05) is 91.9 Å². The zero-order valence-corrected chi connectivity index (χ0v) is 30.5. The molecule has 3 heterocycles. The molecule has 1 aromatic heterocycles. The summed E-state index contributed by atoms with van der Waals surface area (Å²) in [5, 5.41) is 15.0. The number of carbonyl (C=O) groups is 4. The Bertz CT molecular complexity index is 2130. The van der Waals surface area contributed by atoms with Crippen LogP contribution < -0.4 is 5.32 Å². The topological polar surface area (TPSA) is 164 Å². The molecule has 0 spiro atoms. The van der Waals surface area contributed by atoms with Crippen LogP contribution in [-0.2, 0) is 41.7 Å². The van der Waals surface area contributed by atoms with E-state index in [9.17, 15) is 19.2 Å². The summed E-state index contributed by atoms with van der Waals surface area (Å²) >= 11 is 1.20. The number of amides is 2. The van der Waals surface area contributed by atoms with Gasteiger partial charge in [0, 0.05) is 11.3 Å². The van der Waals surface area contributed by atoms with Crippen molar-refractivity contribution in [2.45, 2.75) is 43.6 Å². The van der Waals surface area contributed by atoms with Crippen molar-refractivity contribution in [2.24, 2.45) is 0 Å². The maximum Gasteiger partial charge on any atom is 0.508 e. The molecule has 4 aromatic carbocycles. The zero-order valence-electron chi connectivity index (χ0n) is 29.6. The predicted molar refractivity (Wildman–Crippen MR) is 198 cm³/mol. The molecule has 0 saturated carbocycles. The third kappa shape index (κ3) is 8.74. The first-order chi connectivity index (χ1) is 26.9. The highest BCUT2D eigenvalue weighted by Gasteiger charge is 2.55. The van der Waals surface area contributed by atoms with Gasteiger partial charge in [0.15, 0.2) is 18.4 Å². The highest BCUT2D eigenvalue weighted by atomic mass is 32.2. The molecule has 280 valence electrons. The first kappa shape index (κ1) is 37.0. The number of aryl methyl sites for hydroxylation is 1. The van der Waals surface area contributed by atoms with Crippen molar-refractivity contribution in [3.05, 3.63) is 154 Å². The van der Waals surface area contributed by atoms with Crippen molar-refractivity contribution in [3.8, 4) is 0 Å². The van der Waals surface area contributed by atoms with E-state index in [0.717, 1.165) is 22.3 Å². The number of ether oxygens (including phenoxy) is 4. The number of tetrazole rings is 1. The molecule has 2 aliphatic heterocycles. The smallest absolute Gasteiger partial charge is 0.448 e. The van der Waals surface area contributed by atoms with Crippen LogP contribution in [0.4, 0.5) is 4.79 Å². The summed E-state index contributed by atoms with van der Waals surface area (Å²) in [5.41, 5.74) is 4.28. The fourth-order valence-electron chi connectivity index (χ4n) is 6.02. The molecular formula is C40H36N6O8S. The number of thioether (sulfide) groups is 1. The Morgan fingerprint density at radius 2 is 1.55 bits per heavy atom. The number of hydrogen-bond donors (Lipinski definition) is 1. The molecule has 0 aliphatic carbocycles. The van der Waals surface area contributed by atoms with Crippen LogP contribution in [-0.4, -0.2) is 80.3 Å². The molecule has 1 fully saturated rings. The van der Waals surface area contributed by atoms with Crippen LogP contribution in [0.25, 0.3) is 0 Å². The molecule has 0 unspecified atom stereocenters. The van der Waals surface area contributed by atoms with Gasteiger partial charge >= 0.3 is 12.1 Å². The van der Waals surface area contributed by atoms with Crippen LogP contribution in [0, 0.1) is 6.92 Å². The molecule has 1 N–H and O–H groups in total. The number of carbonyl (C=O) groups excluding carboxylic acids is 4. The van der Waals surface area contributed by atoms with Crippen molar-refractivity contribution in [3.63, 3.8) is 0 Å². The second-order valence-corrected chi connectivity index (χ2v) is 13.6. The fourth-order valence-corrected chi connectivity index (χ4v) is 6.91. The minimum atomic E-state index is -1.01. The van der Waals surface area contributed by atoms with E-state index in [0.29, 0.717) is 16.3 Å². The van der Waals surface area contributed by atoms with E-state index in [1.165, 1.54) is 21.3 Å². The molecule has 7 rings (SSSR count). The van der Waals surface area contributed by atoms with Gasteiger partial charge in [-0.05, 0) is 51.7 Å². The number of hydrogen-bond acceptors (Lipinski definition) is 12. The summed E-state index contributed by atoms with van der Waals surface area (Å²) in [7, 11) is 0. The number of nitrogens with one attached hydrogen (secondary N) is 1. The highest BCUT2D eigenvalue weighted by Crippen LogP contribution is 2.37. The summed E-state index contributed by atoms with van der Waals surface area (Å²) in [6, 6.07) is 33.7. The normalized spacial score (nSPS) is 16.3. The van der Waals surface area contributed by atoms with E-state index in [2.05, 4.69) is 20.8 Å². The number of aromatic nitrogens is 4. The standard InChI is InChI=1S/C40H36N6O8S/c1-26-17-19-27(20-18-26)23-53-40(50)51-22-21-45-39(42-43-44-45)55-25-31-24-52-37-32(41-35(47)30-15-9-4-10-16-30)36(48)46(37)33(31)38(49)54-34(28-11-5-2-6-12-28)29-13-7-3-8-14-29/h2-20,32,34,37H,21-25H2,1H3,(H,41,47)/t32-,37+/m0/s1. The summed E-state index contributed by atoms with van der Waals surface area (Å²) in [4.78, 5) is 54.5. The van der Waals surface area contributed by atoms with Crippen LogP contribution in [0.1, 0.15) is 38.7 Å². The van der Waals surface area contributed by atoms with Gasteiger partial charge in [-0.15, -0.1) is 5.10 Å². The fraction of sp³-hybridized carbons (Fsp3) is 0.225. The monoisotopic (exact) mass is 760 g/mol. The van der Waals surface area contributed by atoms with Gasteiger partial charge in [-0.25, -0.2) is 14.3 Å². The Kier molecular flexibility index (Phi) is 11.6. The quantitative estimate of drug-likeness (QED) is 0.0916. The molecule has 5 aromatic rings. The number of β-lactam (4-membered cyclic amide) rings is 1. The van der Waals surface area contributed by atoms with Crippen molar-refractivity contribution < 1.29 is 38.1 Å². The van der Waals surface area contributed by atoms with E-state index >= 15 is 0 Å². The molecule has 0 bridgehead atoms. The molecule has 15 heteroatoms. The van der Waals surface area contributed by atoms with Crippen LogP contribution in [0.5, 0.6) is 0 Å². The summed E-state index contributed by atoms with van der Waals surface area (Å²) in [6.45, 7) is 2.08. The van der Waals surface area contributed by atoms with Gasteiger partial charge in [0.2, 0.25) is 5.16 Å². The Balaban J connectivity index is 1.06. The third-order valence-corrected chi connectivity index (χ3v) is 9.91. The highest BCUT2D eigenvalue weighted by molar-refractivity contribution is 7.99. The molecule has 2 amide bonds. The second kappa shape index (κ2) is 17.2. The van der Waals surface area contributed by atoms with Gasteiger partial charge in [-0.3, -0.25) is 14.5 Å². The number of rotatable bonds is 14. The lowest BCUT2D eigenvalue weighted by atomic mass is 9.98. The van der Waals surface area contributed by atoms with Crippen LogP contribution >= 0.6 is 11.8 Å². The van der Waals surface area contributed by atoms with Crippen LogP contribution in [0.15, 0.2) is 132 Å². The zero-order chi connectivity index (χ0) is 38.1. The Morgan fingerprint density at radius 3 is 2.22 bits per heavy atom. The van der Waals surface area contributed by atoms with Gasteiger partial charge < -0.3 is 24.3 Å². The van der Waals surface area contributed by atoms with Crippen molar-refractivity contribution >= 4 is 35.7 Å². The number of benzene rings is 4. The average molecular weight is 761 g/mol. The maximum absolute atomic E-state index is 14.3. The lowest BCUT2D eigenvalue weighted by Gasteiger charge is -2.49. The van der Waals surface area contributed by atoms with Crippen LogP contribution in [0.3, 0.4) is 0 Å². The second-order valence-electron chi connectivity index (χ2n) is 12.6. The molecule has 55 heavy (non-hydrogen) atoms. The minimum absolute atomic E-state index is 0.0227. The Morgan fingerprint density at radius 1 is 0.891 bits per heavy atom. The number of esters is 1. The molecule has 0 radical (unpaired) electrons. The lowest BCUT2D eigenvalue weighted by molar-refractivity contribution is -0.184. The third-order valence-electron chi connectivity index (χ3n) is 8.87. The predicted octanol–water partition coefficient (Wildman–Crippen LogP) is 5.01. The Hall–Kier alpha value is -6.32. The molecule has 14 nitrogen and oxygen atoms in total. The number of nitrogens with zero attached hydrogens (tertiary/aromatic N) is 5. The van der Waals surface area contributed by atoms with E-state index in [4.69, 9.17) is 18.9 Å². The van der Waals surface area contributed by atoms with Crippen LogP contribution in [0.2, 0.25) is 0 Å². The van der Waals surface area contributed by atoms with Gasteiger partial charge in [0.05, 0.1) is 13.2 Å². The Labute approximate surface area is 320 Å². The minimum Gasteiger partial charge on any atom is -0.448 e. The largest absolute Gasteiger partial charge is 0.508 e. The van der Waals surface area contributed by atoms with Gasteiger partial charge in [-0.2, -0.15) is 0 Å². The van der Waals surface area contributed by atoms with Crippen molar-refractivity contribution in [1.82, 2.24) is 30.4 Å². The van der Waals surface area contributed by atoms with E-state index < -0.39 is 42.3 Å². The summed E-state index contributed by atoms with van der Waals surface area (Å²) in [6.07, 6.45) is -2.54. The first-order valence-corrected chi connectivity index (χ1v) is 18.4. The molecule has 2 atom stereocenters. The summed E-state index contributed by atoms with van der Waals surface area (Å²) < 4.78 is 24.2. The van der Waals surface area contributed by atoms with Crippen molar-refractivity contribution in [1.29, 1.82) is 0 Å². The van der Waals surface area contributed by atoms with Crippen molar-refractivity contribution in [2.75, 3.05) is 19.0 Å². The molecular weight excluding hydrogens is 725 g/mol. The van der Waals surface area contributed by atoms with E-state index in [-0.39, 0.29) is 37.8 Å². The van der Waals surface area contributed by atoms with E-state index in [1.54, 1.807) is 30.3 Å².